The summed E-state index contributed by atoms with van der Waals surface area (Å²) in [6, 6.07) is -1.27. The molecule has 0 saturated carbocycles. The molecule has 9 amide bonds. The number of carbonyl (C=O) groups is 9. The zero-order valence-corrected chi connectivity index (χ0v) is 44.3. The van der Waals surface area contributed by atoms with Crippen molar-refractivity contribution in [1.29, 1.82) is 0 Å². The summed E-state index contributed by atoms with van der Waals surface area (Å²) in [4.78, 5) is 126. The Labute approximate surface area is 432 Å². The molecule has 1 fully saturated rings. The molecule has 0 spiro atoms. The molecule has 0 aliphatic carbocycles. The average molecular weight is 1030 g/mol. The van der Waals surface area contributed by atoms with Crippen LogP contribution in [0.2, 0.25) is 0 Å². The molecule has 22 nitrogen and oxygen atoms in total. The minimum atomic E-state index is -1.42. The summed E-state index contributed by atoms with van der Waals surface area (Å²) >= 11 is 0. The summed E-state index contributed by atoms with van der Waals surface area (Å²) in [6.45, 7) is 13.2. The highest BCUT2D eigenvalue weighted by molar-refractivity contribution is 5.98. The van der Waals surface area contributed by atoms with Crippen LogP contribution in [-0.2, 0) is 49.6 Å². The Morgan fingerprint density at radius 3 is 1.48 bits per heavy atom. The fourth-order valence-electron chi connectivity index (χ4n) is 8.39. The van der Waals surface area contributed by atoms with Gasteiger partial charge < -0.3 is 70.8 Å². The summed E-state index contributed by atoms with van der Waals surface area (Å²) in [7, 11) is 0. The lowest BCUT2D eigenvalue weighted by Crippen LogP contribution is -2.61. The van der Waals surface area contributed by atoms with Crippen molar-refractivity contribution in [2.45, 2.75) is 174 Å². The van der Waals surface area contributed by atoms with E-state index >= 15 is 0 Å². The van der Waals surface area contributed by atoms with E-state index in [4.69, 9.17) is 22.9 Å². The first-order chi connectivity index (χ1) is 34.6. The molecule has 0 radical (unpaired) electrons. The molecular weight excluding hydrogens is 939 g/mol. The molecule has 1 aromatic carbocycles. The van der Waals surface area contributed by atoms with Gasteiger partial charge in [-0.05, 0) is 100 Å². The number of nitrogens with one attached hydrogen (secondary N) is 9. The summed E-state index contributed by atoms with van der Waals surface area (Å²) < 4.78 is 0. The predicted octanol–water partition coefficient (Wildman–Crippen LogP) is -1.03. The van der Waals surface area contributed by atoms with Crippen LogP contribution >= 0.6 is 0 Å². The second-order valence-corrected chi connectivity index (χ2v) is 20.5. The summed E-state index contributed by atoms with van der Waals surface area (Å²) in [6.07, 6.45) is 2.79. The highest BCUT2D eigenvalue weighted by Gasteiger charge is 2.35. The Morgan fingerprint density at radius 1 is 0.548 bits per heavy atom. The fourth-order valence-corrected chi connectivity index (χ4v) is 8.39. The maximum absolute atomic E-state index is 14.4. The Morgan fingerprint density at radius 2 is 1.00 bits per heavy atom. The zero-order chi connectivity index (χ0) is 54.6. The molecular formula is C51H89N13O9. The second kappa shape index (κ2) is 33.9. The van der Waals surface area contributed by atoms with Crippen LogP contribution in [0.25, 0.3) is 0 Å². The first-order valence-corrected chi connectivity index (χ1v) is 26.2. The van der Waals surface area contributed by atoms with E-state index in [2.05, 4.69) is 61.7 Å². The number of carbonyl (C=O) groups excluding carboxylic acids is 9. The third-order valence-electron chi connectivity index (χ3n) is 12.3. The van der Waals surface area contributed by atoms with Crippen molar-refractivity contribution >= 4 is 53.2 Å². The van der Waals surface area contributed by atoms with E-state index in [1.807, 2.05) is 34.6 Å². The van der Waals surface area contributed by atoms with Crippen LogP contribution in [0, 0.1) is 23.7 Å². The van der Waals surface area contributed by atoms with Gasteiger partial charge in [0.15, 0.2) is 0 Å². The van der Waals surface area contributed by atoms with E-state index in [0.717, 1.165) is 19.3 Å². The van der Waals surface area contributed by atoms with Crippen molar-refractivity contribution in [3.63, 3.8) is 0 Å². The number of amides is 9. The van der Waals surface area contributed by atoms with Crippen LogP contribution in [0.4, 0.5) is 0 Å². The maximum atomic E-state index is 14.4. The smallest absolute Gasteiger partial charge is 0.243 e. The topological polar surface area (TPSA) is 366 Å². The lowest BCUT2D eigenvalue weighted by atomic mass is 9.97. The van der Waals surface area contributed by atoms with Crippen LogP contribution in [0.15, 0.2) is 30.3 Å². The predicted molar refractivity (Wildman–Crippen MR) is 279 cm³/mol. The largest absolute Gasteiger partial charge is 0.354 e. The number of rotatable bonds is 23. The van der Waals surface area contributed by atoms with Crippen molar-refractivity contribution in [2.75, 3.05) is 32.7 Å². The highest BCUT2D eigenvalue weighted by atomic mass is 16.2. The van der Waals surface area contributed by atoms with E-state index in [1.165, 1.54) is 0 Å². The van der Waals surface area contributed by atoms with Crippen LogP contribution in [0.5, 0.6) is 0 Å². The first kappa shape index (κ1) is 63.4. The molecule has 1 heterocycles. The van der Waals surface area contributed by atoms with Crippen molar-refractivity contribution in [2.24, 2.45) is 46.6 Å². The minimum absolute atomic E-state index is 0.0155. The monoisotopic (exact) mass is 1030 g/mol. The Balaban J connectivity index is 2.70. The van der Waals surface area contributed by atoms with E-state index in [0.29, 0.717) is 11.5 Å². The van der Waals surface area contributed by atoms with Gasteiger partial charge in [-0.2, -0.15) is 0 Å². The van der Waals surface area contributed by atoms with Crippen molar-refractivity contribution in [1.82, 2.24) is 47.9 Å². The first-order valence-electron chi connectivity index (χ1n) is 26.2. The molecule has 1 unspecified atom stereocenters. The van der Waals surface area contributed by atoms with Gasteiger partial charge in [0.25, 0.3) is 0 Å². The third kappa shape index (κ3) is 24.3. The molecule has 9 atom stereocenters. The van der Waals surface area contributed by atoms with Gasteiger partial charge in [0.05, 0.1) is 0 Å². The highest BCUT2D eigenvalue weighted by Crippen LogP contribution is 2.16. The van der Waals surface area contributed by atoms with E-state index < -0.39 is 95.6 Å². The maximum Gasteiger partial charge on any atom is 0.243 e. The van der Waals surface area contributed by atoms with Gasteiger partial charge in [-0.15, -0.1) is 0 Å². The Hall–Kier alpha value is -5.71. The second-order valence-electron chi connectivity index (χ2n) is 20.5. The summed E-state index contributed by atoms with van der Waals surface area (Å²) in [5.41, 5.74) is 24.3. The normalized spacial score (nSPS) is 23.3. The SMILES string of the molecule is CC(C)CCCC(C)CC(=O)N[C@H](CCN)C(=O)N[C@H]1CCNC(=O)[C@H](CC(C)C)NC(=O)[C@H](CCN)NC(=O)[C@H](CCN)NC(=O)[C@H](CC(C)C)NC(=O)[C@@H](Cc2ccccc2)NC(=O)[C@H](CCN)NC1=O. The van der Waals surface area contributed by atoms with Gasteiger partial charge in [0.2, 0.25) is 53.2 Å². The lowest BCUT2D eigenvalue weighted by Gasteiger charge is -2.28. The van der Waals surface area contributed by atoms with Crippen LogP contribution in [-0.4, -0.2) is 134 Å². The Bertz CT molecular complexity index is 1920. The van der Waals surface area contributed by atoms with Gasteiger partial charge in [-0.1, -0.05) is 98.1 Å². The molecule has 17 N–H and O–H groups in total. The molecule has 2 rings (SSSR count). The number of benzene rings is 1. The minimum Gasteiger partial charge on any atom is -0.354 e. The molecule has 412 valence electrons. The van der Waals surface area contributed by atoms with Crippen molar-refractivity contribution in [3.8, 4) is 0 Å². The Kier molecular flexibility index (Phi) is 29.5. The molecule has 0 aromatic heterocycles. The van der Waals surface area contributed by atoms with Gasteiger partial charge in [-0.25, -0.2) is 0 Å². The third-order valence-corrected chi connectivity index (χ3v) is 12.3. The fraction of sp³-hybridized carbons (Fsp3) is 0.706. The quantitative estimate of drug-likeness (QED) is 0.0625. The number of hydrogen-bond donors (Lipinski definition) is 13. The molecule has 1 aliphatic rings. The number of hydrogen-bond acceptors (Lipinski definition) is 13. The van der Waals surface area contributed by atoms with Gasteiger partial charge in [0, 0.05) is 19.4 Å². The van der Waals surface area contributed by atoms with E-state index in [9.17, 15) is 43.2 Å². The van der Waals surface area contributed by atoms with Crippen LogP contribution in [0.3, 0.4) is 0 Å². The summed E-state index contributed by atoms with van der Waals surface area (Å²) in [5.74, 6) is -6.04. The molecule has 22 heteroatoms. The average Bonchev–Trinajstić information content (AvgIpc) is 3.31. The standard InChI is InChI=1S/C51H89N13O9/c1-30(2)12-11-13-33(7)28-43(65)57-35(16-21-52)45(67)61-39-20-25-56-44(66)40(26-31(3)4)62-47(69)37(18-23-54)58-46(68)36(17-22-53)60-50(72)41(27-32(5)6)63-51(73)42(29-34-14-9-8-10-15-34)64-48(70)38(19-24-55)59-49(39)71/h8-10,14-15,30-33,35-42H,11-13,16-29,52-55H2,1-7H3,(H,56,66)(H,57,65)(H,58,68)(H,59,71)(H,60,72)(H,61,67)(H,62,69)(H,63,73)(H,64,70)/t33?,35-,36+,37+,38+,39+,40+,41+,42-/m1/s1. The molecule has 1 aromatic rings. The number of nitrogens with two attached hydrogens (primary N) is 4. The molecule has 73 heavy (non-hydrogen) atoms. The zero-order valence-electron chi connectivity index (χ0n) is 44.3. The van der Waals surface area contributed by atoms with Gasteiger partial charge in [-0.3, -0.25) is 43.2 Å². The molecule has 0 bridgehead atoms. The van der Waals surface area contributed by atoms with E-state index in [-0.39, 0.29) is 114 Å². The van der Waals surface area contributed by atoms with Gasteiger partial charge in [0.1, 0.15) is 48.3 Å². The van der Waals surface area contributed by atoms with Crippen LogP contribution in [0.1, 0.15) is 125 Å². The van der Waals surface area contributed by atoms with Gasteiger partial charge >= 0.3 is 0 Å². The lowest BCUT2D eigenvalue weighted by molar-refractivity contribution is -0.136. The van der Waals surface area contributed by atoms with E-state index in [1.54, 1.807) is 30.3 Å². The molecule has 1 aliphatic heterocycles. The molecule has 1 saturated heterocycles. The van der Waals surface area contributed by atoms with Crippen molar-refractivity contribution in [3.05, 3.63) is 35.9 Å². The summed E-state index contributed by atoms with van der Waals surface area (Å²) in [5, 5.41) is 24.5. The van der Waals surface area contributed by atoms with Crippen molar-refractivity contribution < 1.29 is 43.2 Å². The van der Waals surface area contributed by atoms with Crippen LogP contribution < -0.4 is 70.8 Å².